The van der Waals surface area contributed by atoms with E-state index in [1.807, 2.05) is 6.20 Å². The monoisotopic (exact) mass is 382 g/mol. The lowest BCUT2D eigenvalue weighted by Crippen LogP contribution is -2.35. The highest BCUT2D eigenvalue weighted by Crippen LogP contribution is 2.27. The van der Waals surface area contributed by atoms with Crippen molar-refractivity contribution < 1.29 is 14.0 Å². The Balaban J connectivity index is 1.41. The Morgan fingerprint density at radius 3 is 2.82 bits per heavy atom. The molecule has 0 bridgehead atoms. The third-order valence-electron chi connectivity index (χ3n) is 5.60. The minimum Gasteiger partial charge on any atom is -0.342 e. The normalized spacial score (nSPS) is 18.9. The van der Waals surface area contributed by atoms with Gasteiger partial charge in [-0.1, -0.05) is 18.2 Å². The first kappa shape index (κ1) is 18.5. The standard InChI is InChI=1S/C21H23FN4O2/c1-14(27)25-9-7-19-17(13-25)11-23-21(24-19)16-6-8-26(12-16)20(28)10-15-4-2-3-5-18(15)22/h2-5,11,16H,6-10,12-13H2,1H3/t16-/m0/s1. The van der Waals surface area contributed by atoms with Crippen LogP contribution < -0.4 is 0 Å². The van der Waals surface area contributed by atoms with Gasteiger partial charge in [0, 0.05) is 57.2 Å². The van der Waals surface area contributed by atoms with E-state index in [4.69, 9.17) is 4.98 Å². The van der Waals surface area contributed by atoms with E-state index < -0.39 is 0 Å². The summed E-state index contributed by atoms with van der Waals surface area (Å²) >= 11 is 0. The summed E-state index contributed by atoms with van der Waals surface area (Å²) in [6.45, 7) is 4.01. The third-order valence-corrected chi connectivity index (χ3v) is 5.60. The zero-order valence-electron chi connectivity index (χ0n) is 15.9. The lowest BCUT2D eigenvalue weighted by molar-refractivity contribution is -0.130. The summed E-state index contributed by atoms with van der Waals surface area (Å²) < 4.78 is 13.8. The van der Waals surface area contributed by atoms with Gasteiger partial charge in [0.15, 0.2) is 0 Å². The van der Waals surface area contributed by atoms with Gasteiger partial charge in [0.05, 0.1) is 12.1 Å². The fourth-order valence-electron chi connectivity index (χ4n) is 3.91. The minimum absolute atomic E-state index is 0.0644. The van der Waals surface area contributed by atoms with Gasteiger partial charge in [-0.2, -0.15) is 0 Å². The fraction of sp³-hybridized carbons (Fsp3) is 0.429. The zero-order valence-corrected chi connectivity index (χ0v) is 15.9. The largest absolute Gasteiger partial charge is 0.342 e. The second-order valence-electron chi connectivity index (χ2n) is 7.48. The van der Waals surface area contributed by atoms with Gasteiger partial charge in [-0.15, -0.1) is 0 Å². The number of amides is 2. The van der Waals surface area contributed by atoms with E-state index in [0.29, 0.717) is 31.7 Å². The molecule has 0 unspecified atom stereocenters. The Morgan fingerprint density at radius 2 is 2.04 bits per heavy atom. The number of fused-ring (bicyclic) bond motifs is 1. The molecule has 6 nitrogen and oxygen atoms in total. The Hall–Kier alpha value is -2.83. The van der Waals surface area contributed by atoms with Gasteiger partial charge in [-0.25, -0.2) is 14.4 Å². The number of halogens is 1. The van der Waals surface area contributed by atoms with Crippen molar-refractivity contribution >= 4 is 11.8 Å². The molecule has 2 aromatic rings. The lowest BCUT2D eigenvalue weighted by atomic mass is 10.0. The van der Waals surface area contributed by atoms with Gasteiger partial charge in [0.25, 0.3) is 0 Å². The van der Waals surface area contributed by atoms with Crippen LogP contribution in [-0.4, -0.2) is 51.2 Å². The van der Waals surface area contributed by atoms with Crippen LogP contribution >= 0.6 is 0 Å². The predicted molar refractivity (Wildman–Crippen MR) is 101 cm³/mol. The number of nitrogens with zero attached hydrogens (tertiary/aromatic N) is 4. The van der Waals surface area contributed by atoms with E-state index >= 15 is 0 Å². The molecule has 1 atom stereocenters. The van der Waals surface area contributed by atoms with Crippen LogP contribution in [0.5, 0.6) is 0 Å². The van der Waals surface area contributed by atoms with E-state index in [9.17, 15) is 14.0 Å². The highest BCUT2D eigenvalue weighted by atomic mass is 19.1. The van der Waals surface area contributed by atoms with Crippen molar-refractivity contribution in [3.8, 4) is 0 Å². The maximum atomic E-state index is 13.8. The molecular formula is C21H23FN4O2. The highest BCUT2D eigenvalue weighted by molar-refractivity contribution is 5.79. The van der Waals surface area contributed by atoms with Crippen LogP contribution in [0.25, 0.3) is 0 Å². The molecule has 146 valence electrons. The van der Waals surface area contributed by atoms with Crippen molar-refractivity contribution in [3.63, 3.8) is 0 Å². The maximum Gasteiger partial charge on any atom is 0.227 e. The highest BCUT2D eigenvalue weighted by Gasteiger charge is 2.30. The number of benzene rings is 1. The Bertz CT molecular complexity index is 917. The van der Waals surface area contributed by atoms with Crippen molar-refractivity contribution in [2.45, 2.75) is 38.6 Å². The quantitative estimate of drug-likeness (QED) is 0.815. The summed E-state index contributed by atoms with van der Waals surface area (Å²) in [6, 6.07) is 6.40. The second kappa shape index (κ2) is 7.66. The molecular weight excluding hydrogens is 359 g/mol. The number of hydrogen-bond donors (Lipinski definition) is 0. The molecule has 0 radical (unpaired) electrons. The molecule has 4 rings (SSSR count). The molecule has 3 heterocycles. The van der Waals surface area contributed by atoms with Crippen molar-refractivity contribution in [2.24, 2.45) is 0 Å². The van der Waals surface area contributed by atoms with Crippen LogP contribution in [0, 0.1) is 5.82 Å². The maximum absolute atomic E-state index is 13.8. The van der Waals surface area contributed by atoms with Gasteiger partial charge in [-0.3, -0.25) is 9.59 Å². The smallest absolute Gasteiger partial charge is 0.227 e. The molecule has 0 aliphatic carbocycles. The second-order valence-corrected chi connectivity index (χ2v) is 7.48. The molecule has 0 saturated carbocycles. The molecule has 1 aromatic carbocycles. The van der Waals surface area contributed by atoms with E-state index in [2.05, 4.69) is 4.98 Å². The van der Waals surface area contributed by atoms with Gasteiger partial charge < -0.3 is 9.80 Å². The Kier molecular flexibility index (Phi) is 5.07. The Morgan fingerprint density at radius 1 is 1.21 bits per heavy atom. The average molecular weight is 382 g/mol. The fourth-order valence-corrected chi connectivity index (χ4v) is 3.91. The lowest BCUT2D eigenvalue weighted by Gasteiger charge is -2.27. The van der Waals surface area contributed by atoms with Gasteiger partial charge in [-0.05, 0) is 18.1 Å². The van der Waals surface area contributed by atoms with Crippen LogP contribution in [0.15, 0.2) is 30.5 Å². The van der Waals surface area contributed by atoms with Crippen molar-refractivity contribution in [1.82, 2.24) is 19.8 Å². The van der Waals surface area contributed by atoms with Crippen LogP contribution in [0.4, 0.5) is 4.39 Å². The number of likely N-dealkylation sites (tertiary alicyclic amines) is 1. The summed E-state index contributed by atoms with van der Waals surface area (Å²) in [5.74, 6) is 0.512. The molecule has 28 heavy (non-hydrogen) atoms. The first-order valence-electron chi connectivity index (χ1n) is 9.62. The van der Waals surface area contributed by atoms with Crippen LogP contribution in [-0.2, 0) is 29.0 Å². The number of hydrogen-bond acceptors (Lipinski definition) is 4. The predicted octanol–water partition coefficient (Wildman–Crippen LogP) is 2.08. The number of aromatic nitrogens is 2. The summed E-state index contributed by atoms with van der Waals surface area (Å²) in [7, 11) is 0. The van der Waals surface area contributed by atoms with E-state index in [-0.39, 0.29) is 30.0 Å². The molecule has 2 aliphatic rings. The molecule has 1 saturated heterocycles. The molecule has 2 aliphatic heterocycles. The summed E-state index contributed by atoms with van der Waals surface area (Å²) in [6.07, 6.45) is 3.43. The zero-order chi connectivity index (χ0) is 19.7. The van der Waals surface area contributed by atoms with Crippen LogP contribution in [0.1, 0.15) is 41.9 Å². The van der Waals surface area contributed by atoms with Crippen molar-refractivity contribution in [3.05, 3.63) is 58.9 Å². The topological polar surface area (TPSA) is 66.4 Å². The minimum atomic E-state index is -0.343. The SMILES string of the molecule is CC(=O)N1CCc2nc([C@H]3CCN(C(=O)Cc4ccccc4F)C3)ncc2C1. The first-order chi connectivity index (χ1) is 13.5. The summed E-state index contributed by atoms with van der Waals surface area (Å²) in [4.78, 5) is 36.9. The third kappa shape index (κ3) is 3.74. The number of carbonyl (C=O) groups is 2. The van der Waals surface area contributed by atoms with E-state index in [0.717, 1.165) is 29.9 Å². The molecule has 0 spiro atoms. The van der Waals surface area contributed by atoms with Gasteiger partial charge >= 0.3 is 0 Å². The van der Waals surface area contributed by atoms with Crippen LogP contribution in [0.2, 0.25) is 0 Å². The first-order valence-corrected chi connectivity index (χ1v) is 9.62. The summed E-state index contributed by atoms with van der Waals surface area (Å²) in [5.41, 5.74) is 2.42. The molecule has 2 amide bonds. The van der Waals surface area contributed by atoms with Gasteiger partial charge in [0.2, 0.25) is 11.8 Å². The van der Waals surface area contributed by atoms with E-state index in [1.165, 1.54) is 6.07 Å². The molecule has 1 aromatic heterocycles. The number of rotatable bonds is 3. The van der Waals surface area contributed by atoms with Crippen LogP contribution in [0.3, 0.4) is 0 Å². The Labute approximate surface area is 163 Å². The molecule has 7 heteroatoms. The molecule has 1 fully saturated rings. The van der Waals surface area contributed by atoms with Crippen molar-refractivity contribution in [1.29, 1.82) is 0 Å². The molecule has 0 N–H and O–H groups in total. The van der Waals surface area contributed by atoms with E-state index in [1.54, 1.807) is 34.9 Å². The summed E-state index contributed by atoms with van der Waals surface area (Å²) in [5, 5.41) is 0. The average Bonchev–Trinajstić information content (AvgIpc) is 3.19. The van der Waals surface area contributed by atoms with Gasteiger partial charge in [0.1, 0.15) is 11.6 Å². The van der Waals surface area contributed by atoms with Crippen molar-refractivity contribution in [2.75, 3.05) is 19.6 Å². The number of carbonyl (C=O) groups excluding carboxylic acids is 2.